The standard InChI is InChI=1S/C22H29N5O8S/c1-10(28)18(23)21(33)25-14(6-11-8-24-13-5-3-2-4-12(11)13)19(31)27-16(9-36)20(32)26-15(22(34)35)7-17(29)30/h2-5,8,10,14-16,18,24,28,36H,6-7,9,23H2,1H3,(H,25,33)(H,26,32)(H,27,31)(H,29,30)(H,34,35). The number of aromatic nitrogens is 1. The van der Waals surface area contributed by atoms with E-state index in [1.54, 1.807) is 12.3 Å². The van der Waals surface area contributed by atoms with Gasteiger partial charge in [0.15, 0.2) is 0 Å². The Labute approximate surface area is 211 Å². The molecule has 0 saturated heterocycles. The van der Waals surface area contributed by atoms with Gasteiger partial charge in [-0.1, -0.05) is 18.2 Å². The Morgan fingerprint density at radius 1 is 0.972 bits per heavy atom. The third-order valence-electron chi connectivity index (χ3n) is 5.36. The average Bonchev–Trinajstić information content (AvgIpc) is 3.23. The Morgan fingerprint density at radius 2 is 1.56 bits per heavy atom. The first-order chi connectivity index (χ1) is 16.9. The lowest BCUT2D eigenvalue weighted by atomic mass is 10.0. The number of amides is 3. The number of rotatable bonds is 13. The summed E-state index contributed by atoms with van der Waals surface area (Å²) in [5.41, 5.74) is 7.16. The first-order valence-electron chi connectivity index (χ1n) is 10.9. The first-order valence-corrected chi connectivity index (χ1v) is 11.5. The number of carbonyl (C=O) groups excluding carboxylic acids is 3. The van der Waals surface area contributed by atoms with Crippen LogP contribution in [0.5, 0.6) is 0 Å². The van der Waals surface area contributed by atoms with Crippen LogP contribution in [0.2, 0.25) is 0 Å². The van der Waals surface area contributed by atoms with Crippen molar-refractivity contribution >= 4 is 53.2 Å². The molecular formula is C22H29N5O8S. The first kappa shape index (κ1) is 28.6. The van der Waals surface area contributed by atoms with E-state index in [4.69, 9.17) is 15.9 Å². The zero-order chi connectivity index (χ0) is 27.0. The lowest BCUT2D eigenvalue weighted by molar-refractivity contribution is -0.147. The summed E-state index contributed by atoms with van der Waals surface area (Å²) in [7, 11) is 0. The number of fused-ring (bicyclic) bond motifs is 1. The number of aromatic amines is 1. The fourth-order valence-corrected chi connectivity index (χ4v) is 3.59. The molecule has 5 atom stereocenters. The van der Waals surface area contributed by atoms with Gasteiger partial charge < -0.3 is 42.0 Å². The van der Waals surface area contributed by atoms with Gasteiger partial charge in [0, 0.05) is 29.3 Å². The Bertz CT molecular complexity index is 1120. The van der Waals surface area contributed by atoms with Gasteiger partial charge in [-0.15, -0.1) is 0 Å². The number of H-pyrrole nitrogens is 1. The smallest absolute Gasteiger partial charge is 0.326 e. The molecule has 1 heterocycles. The van der Waals surface area contributed by atoms with E-state index in [0.717, 1.165) is 10.9 Å². The highest BCUT2D eigenvalue weighted by Gasteiger charge is 2.31. The molecule has 9 N–H and O–H groups in total. The van der Waals surface area contributed by atoms with Crippen LogP contribution in [-0.4, -0.2) is 86.0 Å². The number of nitrogens with two attached hydrogens (primary N) is 1. The van der Waals surface area contributed by atoms with Gasteiger partial charge >= 0.3 is 11.9 Å². The second-order valence-corrected chi connectivity index (χ2v) is 8.50. The number of carboxylic acids is 2. The van der Waals surface area contributed by atoms with Crippen molar-refractivity contribution in [1.29, 1.82) is 0 Å². The highest BCUT2D eigenvalue weighted by atomic mass is 32.1. The van der Waals surface area contributed by atoms with Crippen LogP contribution in [0.15, 0.2) is 30.5 Å². The molecule has 0 radical (unpaired) electrons. The minimum atomic E-state index is -1.72. The molecule has 36 heavy (non-hydrogen) atoms. The topological polar surface area (TPSA) is 224 Å². The average molecular weight is 524 g/mol. The van der Waals surface area contributed by atoms with E-state index in [2.05, 4.69) is 33.6 Å². The zero-order valence-electron chi connectivity index (χ0n) is 19.3. The number of benzene rings is 1. The van der Waals surface area contributed by atoms with Crippen LogP contribution < -0.4 is 21.7 Å². The van der Waals surface area contributed by atoms with E-state index in [0.29, 0.717) is 5.56 Å². The highest BCUT2D eigenvalue weighted by Crippen LogP contribution is 2.19. The maximum Gasteiger partial charge on any atom is 0.326 e. The lowest BCUT2D eigenvalue weighted by Gasteiger charge is -2.24. The summed E-state index contributed by atoms with van der Waals surface area (Å²) >= 11 is 4.02. The number of carboxylic acid groups (broad SMARTS) is 2. The van der Waals surface area contributed by atoms with Crippen molar-refractivity contribution in [2.75, 3.05) is 5.75 Å². The van der Waals surface area contributed by atoms with E-state index in [1.165, 1.54) is 6.92 Å². The summed E-state index contributed by atoms with van der Waals surface area (Å²) in [6.45, 7) is 1.32. The van der Waals surface area contributed by atoms with Crippen molar-refractivity contribution in [3.63, 3.8) is 0 Å². The Hall–Kier alpha value is -3.62. The van der Waals surface area contributed by atoms with Crippen molar-refractivity contribution in [3.8, 4) is 0 Å². The van der Waals surface area contributed by atoms with Gasteiger partial charge in [0.25, 0.3) is 0 Å². The van der Waals surface area contributed by atoms with Crippen molar-refractivity contribution < 1.29 is 39.3 Å². The van der Waals surface area contributed by atoms with Crippen molar-refractivity contribution in [3.05, 3.63) is 36.0 Å². The molecule has 5 unspecified atom stereocenters. The molecule has 3 amide bonds. The van der Waals surface area contributed by atoms with Crippen LogP contribution in [0, 0.1) is 0 Å². The van der Waals surface area contributed by atoms with Gasteiger partial charge in [0.05, 0.1) is 12.5 Å². The molecule has 1 aromatic heterocycles. The van der Waals surface area contributed by atoms with Gasteiger partial charge in [-0.25, -0.2) is 4.79 Å². The van der Waals surface area contributed by atoms with Gasteiger partial charge in [-0.2, -0.15) is 12.6 Å². The molecule has 0 aliphatic heterocycles. The van der Waals surface area contributed by atoms with Crippen LogP contribution >= 0.6 is 12.6 Å². The van der Waals surface area contributed by atoms with Crippen molar-refractivity contribution in [2.24, 2.45) is 5.73 Å². The molecule has 1 aromatic carbocycles. The van der Waals surface area contributed by atoms with Crippen molar-refractivity contribution in [2.45, 2.75) is 50.0 Å². The Morgan fingerprint density at radius 3 is 2.14 bits per heavy atom. The molecule has 14 heteroatoms. The predicted octanol–water partition coefficient (Wildman–Crippen LogP) is -1.64. The normalized spacial score (nSPS) is 15.2. The summed E-state index contributed by atoms with van der Waals surface area (Å²) in [4.78, 5) is 63.4. The van der Waals surface area contributed by atoms with E-state index in [-0.39, 0.29) is 12.2 Å². The zero-order valence-corrected chi connectivity index (χ0v) is 20.2. The molecule has 0 aliphatic rings. The third kappa shape index (κ3) is 7.69. The number of aliphatic hydroxyl groups is 1. The van der Waals surface area contributed by atoms with E-state index in [1.807, 2.05) is 18.2 Å². The number of para-hydroxylation sites is 1. The minimum Gasteiger partial charge on any atom is -0.481 e. The number of aliphatic carboxylic acids is 2. The number of carbonyl (C=O) groups is 5. The molecule has 2 aromatic rings. The quantitative estimate of drug-likeness (QED) is 0.137. The molecule has 0 aliphatic carbocycles. The summed E-state index contributed by atoms with van der Waals surface area (Å²) < 4.78 is 0. The van der Waals surface area contributed by atoms with Crippen LogP contribution in [-0.2, 0) is 30.4 Å². The maximum absolute atomic E-state index is 13.1. The molecule has 0 saturated carbocycles. The number of hydrogen-bond acceptors (Lipinski definition) is 8. The molecule has 13 nitrogen and oxygen atoms in total. The minimum absolute atomic E-state index is 0.00814. The Kier molecular flexibility index (Phi) is 10.3. The molecule has 0 bridgehead atoms. The van der Waals surface area contributed by atoms with Gasteiger partial charge in [-0.05, 0) is 18.6 Å². The van der Waals surface area contributed by atoms with Crippen LogP contribution in [0.3, 0.4) is 0 Å². The molecular weight excluding hydrogens is 494 g/mol. The van der Waals surface area contributed by atoms with Crippen molar-refractivity contribution in [1.82, 2.24) is 20.9 Å². The monoisotopic (exact) mass is 523 g/mol. The lowest BCUT2D eigenvalue weighted by Crippen LogP contribution is -2.59. The summed E-state index contributed by atoms with van der Waals surface area (Å²) in [6.07, 6.45) is -0.408. The highest BCUT2D eigenvalue weighted by molar-refractivity contribution is 7.80. The Balaban J connectivity index is 2.24. The number of thiol groups is 1. The summed E-state index contributed by atoms with van der Waals surface area (Å²) in [5.74, 6) is -5.82. The fourth-order valence-electron chi connectivity index (χ4n) is 3.33. The summed E-state index contributed by atoms with van der Waals surface area (Å²) in [6, 6.07) is 1.65. The summed E-state index contributed by atoms with van der Waals surface area (Å²) in [5, 5.41) is 35.4. The van der Waals surface area contributed by atoms with Crippen LogP contribution in [0.1, 0.15) is 18.9 Å². The van der Waals surface area contributed by atoms with Gasteiger partial charge in [0.1, 0.15) is 24.2 Å². The number of nitrogens with one attached hydrogen (secondary N) is 4. The third-order valence-corrected chi connectivity index (χ3v) is 5.73. The molecule has 2 rings (SSSR count). The second-order valence-electron chi connectivity index (χ2n) is 8.13. The van der Waals surface area contributed by atoms with Crippen LogP contribution in [0.25, 0.3) is 10.9 Å². The van der Waals surface area contributed by atoms with Gasteiger partial charge in [0.2, 0.25) is 17.7 Å². The fraction of sp³-hybridized carbons (Fsp3) is 0.409. The largest absolute Gasteiger partial charge is 0.481 e. The van der Waals surface area contributed by atoms with E-state index >= 15 is 0 Å². The van der Waals surface area contributed by atoms with E-state index < -0.39 is 66.4 Å². The SMILES string of the molecule is CC(O)C(N)C(=O)NC(Cc1c[nH]c2ccccc12)C(=O)NC(CS)C(=O)NC(CC(=O)O)C(=O)O. The predicted molar refractivity (Wildman–Crippen MR) is 131 cm³/mol. The molecule has 0 fully saturated rings. The van der Waals surface area contributed by atoms with E-state index in [9.17, 15) is 29.1 Å². The number of aliphatic hydroxyl groups excluding tert-OH is 1. The van der Waals surface area contributed by atoms with Gasteiger partial charge in [-0.3, -0.25) is 19.2 Å². The second kappa shape index (κ2) is 12.9. The molecule has 196 valence electrons. The molecule has 0 spiro atoms. The van der Waals surface area contributed by atoms with Crippen LogP contribution in [0.4, 0.5) is 0 Å². The maximum atomic E-state index is 13.1. The number of hydrogen-bond donors (Lipinski definition) is 9.